The molecule has 0 bridgehead atoms. The number of likely N-dealkylation sites (tertiary alicyclic amines) is 1. The maximum absolute atomic E-state index is 12.6. The second kappa shape index (κ2) is 7.24. The van der Waals surface area contributed by atoms with E-state index in [4.69, 9.17) is 0 Å². The maximum Gasteiger partial charge on any atom is 0.254 e. The van der Waals surface area contributed by atoms with Crippen molar-refractivity contribution >= 4 is 15.9 Å². The van der Waals surface area contributed by atoms with Crippen molar-refractivity contribution in [1.82, 2.24) is 9.62 Å². The molecule has 22 heavy (non-hydrogen) atoms. The van der Waals surface area contributed by atoms with Gasteiger partial charge in [0.1, 0.15) is 0 Å². The van der Waals surface area contributed by atoms with E-state index >= 15 is 0 Å². The lowest BCUT2D eigenvalue weighted by atomic mass is 9.99. The number of carbonyl (C=O) groups is 1. The van der Waals surface area contributed by atoms with Crippen molar-refractivity contribution in [3.05, 3.63) is 29.8 Å². The molecule has 1 N–H and O–H groups in total. The monoisotopic (exact) mass is 324 g/mol. The molecule has 1 saturated heterocycles. The van der Waals surface area contributed by atoms with Crippen LogP contribution in [-0.4, -0.2) is 38.4 Å². The van der Waals surface area contributed by atoms with E-state index in [1.165, 1.54) is 18.6 Å². The van der Waals surface area contributed by atoms with Crippen LogP contribution >= 0.6 is 0 Å². The van der Waals surface area contributed by atoms with Gasteiger partial charge in [-0.3, -0.25) is 4.79 Å². The molecule has 0 aromatic heterocycles. The van der Waals surface area contributed by atoms with Gasteiger partial charge >= 0.3 is 0 Å². The lowest BCUT2D eigenvalue weighted by molar-refractivity contribution is 0.0608. The van der Waals surface area contributed by atoms with E-state index in [2.05, 4.69) is 11.6 Å². The van der Waals surface area contributed by atoms with Crippen LogP contribution in [0, 0.1) is 0 Å². The number of carbonyl (C=O) groups excluding carboxylic acids is 1. The number of nitrogens with zero attached hydrogens (tertiary/aromatic N) is 1. The fourth-order valence-corrected chi connectivity index (χ4v) is 3.95. The Balaban J connectivity index is 2.17. The molecule has 1 aromatic carbocycles. The van der Waals surface area contributed by atoms with Crippen LogP contribution in [0.1, 0.15) is 49.9 Å². The normalized spacial score (nSPS) is 19.2. The van der Waals surface area contributed by atoms with E-state index in [0.29, 0.717) is 18.2 Å². The van der Waals surface area contributed by atoms with Gasteiger partial charge in [-0.2, -0.15) is 0 Å². The Labute approximate surface area is 132 Å². The topological polar surface area (TPSA) is 66.5 Å². The number of benzene rings is 1. The van der Waals surface area contributed by atoms with Gasteiger partial charge in [0.2, 0.25) is 10.0 Å². The van der Waals surface area contributed by atoms with Crippen LogP contribution in [0.3, 0.4) is 0 Å². The first kappa shape index (κ1) is 17.0. The summed E-state index contributed by atoms with van der Waals surface area (Å²) in [4.78, 5) is 14.7. The number of hydrogen-bond donors (Lipinski definition) is 1. The molecule has 122 valence electrons. The van der Waals surface area contributed by atoms with Crippen molar-refractivity contribution < 1.29 is 13.2 Å². The Morgan fingerprint density at radius 3 is 2.50 bits per heavy atom. The molecule has 1 aromatic rings. The predicted molar refractivity (Wildman–Crippen MR) is 86.3 cm³/mol. The number of rotatable bonds is 5. The molecule has 2 rings (SSSR count). The highest BCUT2D eigenvalue weighted by Crippen LogP contribution is 2.22. The lowest BCUT2D eigenvalue weighted by Gasteiger charge is -2.35. The smallest absolute Gasteiger partial charge is 0.254 e. The fraction of sp³-hybridized carbons (Fsp3) is 0.562. The van der Waals surface area contributed by atoms with E-state index in [9.17, 15) is 13.2 Å². The van der Waals surface area contributed by atoms with Crippen LogP contribution in [0.25, 0.3) is 0 Å². The summed E-state index contributed by atoms with van der Waals surface area (Å²) in [5, 5.41) is 0. The van der Waals surface area contributed by atoms with Gasteiger partial charge in [0.15, 0.2) is 0 Å². The molecule has 1 fully saturated rings. The fourth-order valence-electron chi connectivity index (χ4n) is 2.91. The molecular weight excluding hydrogens is 300 g/mol. The first-order valence-corrected chi connectivity index (χ1v) is 9.38. The molecule has 5 nitrogen and oxygen atoms in total. The summed E-state index contributed by atoms with van der Waals surface area (Å²) in [6.07, 6.45) is 4.21. The van der Waals surface area contributed by atoms with Crippen LogP contribution < -0.4 is 4.72 Å². The highest BCUT2D eigenvalue weighted by Gasteiger charge is 2.26. The van der Waals surface area contributed by atoms with Crippen LogP contribution in [-0.2, 0) is 10.0 Å². The van der Waals surface area contributed by atoms with Crippen LogP contribution in [0.5, 0.6) is 0 Å². The summed E-state index contributed by atoms with van der Waals surface area (Å²) in [5.41, 5.74) is 0.552. The zero-order valence-electron chi connectivity index (χ0n) is 13.2. The van der Waals surface area contributed by atoms with Gasteiger partial charge in [-0.25, -0.2) is 13.1 Å². The van der Waals surface area contributed by atoms with E-state index in [0.717, 1.165) is 25.8 Å². The molecular formula is C16H24N2O3S. The van der Waals surface area contributed by atoms with Crippen molar-refractivity contribution in [1.29, 1.82) is 0 Å². The number of amides is 1. The zero-order chi connectivity index (χ0) is 16.2. The SMILES string of the molecule is CCNS(=O)(=O)c1ccc(C(=O)N2CCCCC2CC)cc1. The van der Waals surface area contributed by atoms with Crippen LogP contribution in [0.4, 0.5) is 0 Å². The molecule has 1 heterocycles. The van der Waals surface area contributed by atoms with Crippen molar-refractivity contribution in [3.63, 3.8) is 0 Å². The highest BCUT2D eigenvalue weighted by molar-refractivity contribution is 7.89. The standard InChI is InChI=1S/C16H24N2O3S/c1-3-14-7-5-6-12-18(14)16(19)13-8-10-15(11-9-13)22(20,21)17-4-2/h8-11,14,17H,3-7,12H2,1-2H3. The Kier molecular flexibility index (Phi) is 5.58. The average molecular weight is 324 g/mol. The maximum atomic E-state index is 12.6. The third-order valence-electron chi connectivity index (χ3n) is 4.11. The predicted octanol–water partition coefficient (Wildman–Crippen LogP) is 2.39. The number of hydrogen-bond acceptors (Lipinski definition) is 3. The van der Waals surface area contributed by atoms with Crippen molar-refractivity contribution in [2.75, 3.05) is 13.1 Å². The summed E-state index contributed by atoms with van der Waals surface area (Å²) < 4.78 is 26.3. The number of piperidine rings is 1. The first-order valence-electron chi connectivity index (χ1n) is 7.90. The van der Waals surface area contributed by atoms with E-state index < -0.39 is 10.0 Å². The minimum atomic E-state index is -3.47. The van der Waals surface area contributed by atoms with Crippen molar-refractivity contribution in [3.8, 4) is 0 Å². The molecule has 1 aliphatic heterocycles. The molecule has 6 heteroatoms. The molecule has 1 unspecified atom stereocenters. The van der Waals surface area contributed by atoms with Gasteiger partial charge in [-0.05, 0) is 49.9 Å². The number of sulfonamides is 1. The van der Waals surface area contributed by atoms with Gasteiger partial charge in [-0.15, -0.1) is 0 Å². The van der Waals surface area contributed by atoms with Gasteiger partial charge in [0.25, 0.3) is 5.91 Å². The minimum absolute atomic E-state index is 0.000973. The molecule has 0 saturated carbocycles. The molecule has 1 aliphatic rings. The number of nitrogens with one attached hydrogen (secondary N) is 1. The van der Waals surface area contributed by atoms with E-state index in [-0.39, 0.29) is 10.8 Å². The minimum Gasteiger partial charge on any atom is -0.336 e. The Hall–Kier alpha value is -1.40. The molecule has 1 atom stereocenters. The van der Waals surface area contributed by atoms with Gasteiger partial charge in [0, 0.05) is 24.7 Å². The van der Waals surface area contributed by atoms with E-state index in [1.54, 1.807) is 19.1 Å². The van der Waals surface area contributed by atoms with Gasteiger partial charge < -0.3 is 4.90 Å². The van der Waals surface area contributed by atoms with Crippen molar-refractivity contribution in [2.24, 2.45) is 0 Å². The quantitative estimate of drug-likeness (QED) is 0.904. The largest absolute Gasteiger partial charge is 0.336 e. The zero-order valence-corrected chi connectivity index (χ0v) is 14.0. The lowest BCUT2D eigenvalue weighted by Crippen LogP contribution is -2.43. The molecule has 0 aliphatic carbocycles. The Morgan fingerprint density at radius 1 is 1.23 bits per heavy atom. The summed E-state index contributed by atoms with van der Waals surface area (Å²) in [6, 6.07) is 6.50. The third kappa shape index (κ3) is 3.67. The molecule has 0 spiro atoms. The second-order valence-electron chi connectivity index (χ2n) is 5.58. The van der Waals surface area contributed by atoms with Crippen LogP contribution in [0.2, 0.25) is 0 Å². The summed E-state index contributed by atoms with van der Waals surface area (Å²) in [6.45, 7) is 4.96. The molecule has 1 amide bonds. The second-order valence-corrected chi connectivity index (χ2v) is 7.35. The average Bonchev–Trinajstić information content (AvgIpc) is 2.54. The Morgan fingerprint density at radius 2 is 1.91 bits per heavy atom. The third-order valence-corrected chi connectivity index (χ3v) is 5.67. The molecule has 0 radical (unpaired) electrons. The Bertz CT molecular complexity index is 611. The van der Waals surface area contributed by atoms with E-state index in [1.807, 2.05) is 4.90 Å². The summed E-state index contributed by atoms with van der Waals surface area (Å²) in [5.74, 6) is -0.000973. The summed E-state index contributed by atoms with van der Waals surface area (Å²) in [7, 11) is -3.47. The summed E-state index contributed by atoms with van der Waals surface area (Å²) >= 11 is 0. The van der Waals surface area contributed by atoms with Gasteiger partial charge in [-0.1, -0.05) is 13.8 Å². The highest BCUT2D eigenvalue weighted by atomic mass is 32.2. The first-order chi connectivity index (χ1) is 10.5. The van der Waals surface area contributed by atoms with Crippen LogP contribution in [0.15, 0.2) is 29.2 Å². The van der Waals surface area contributed by atoms with Crippen molar-refractivity contribution in [2.45, 2.75) is 50.5 Å². The van der Waals surface area contributed by atoms with Gasteiger partial charge in [0.05, 0.1) is 4.90 Å².